The molecule has 1 aromatic carbocycles. The Morgan fingerprint density at radius 1 is 0.788 bits per heavy atom. The Labute approximate surface area is 202 Å². The second-order valence-corrected chi connectivity index (χ2v) is 10.9. The third-order valence-corrected chi connectivity index (χ3v) is 7.28. The van der Waals surface area contributed by atoms with Crippen LogP contribution in [0.25, 0.3) is 0 Å². The van der Waals surface area contributed by atoms with E-state index in [4.69, 9.17) is 0 Å². The smallest absolute Gasteiger partial charge is 0.190 e. The molecule has 2 atom stereocenters. The molecule has 2 heteroatoms. The van der Waals surface area contributed by atoms with Crippen molar-refractivity contribution >= 4 is 11.6 Å². The average molecular weight is 451 g/mol. The molecule has 2 nitrogen and oxygen atoms in total. The highest BCUT2D eigenvalue weighted by Crippen LogP contribution is 2.29. The molecule has 0 unspecified atom stereocenters. The van der Waals surface area contributed by atoms with Gasteiger partial charge in [-0.3, -0.25) is 9.59 Å². The number of allylic oxidation sites excluding steroid dienone is 4. The van der Waals surface area contributed by atoms with Crippen molar-refractivity contribution in [1.82, 2.24) is 0 Å². The SMILES string of the molecule is CC1=C(C/C=C(\C)CCC[C@H](C)CCC[C@@H](C)CCCC(C)C)C(=O)c2ccccc2C1=O. The Morgan fingerprint density at radius 3 is 1.88 bits per heavy atom. The van der Waals surface area contributed by atoms with E-state index >= 15 is 0 Å². The second kappa shape index (κ2) is 13.7. The average Bonchev–Trinajstić information content (AvgIpc) is 2.77. The molecule has 1 aliphatic rings. The summed E-state index contributed by atoms with van der Waals surface area (Å²) < 4.78 is 0. The summed E-state index contributed by atoms with van der Waals surface area (Å²) in [6.07, 6.45) is 14.4. The van der Waals surface area contributed by atoms with Gasteiger partial charge in [0.2, 0.25) is 0 Å². The lowest BCUT2D eigenvalue weighted by atomic mass is 9.83. The van der Waals surface area contributed by atoms with E-state index in [9.17, 15) is 9.59 Å². The van der Waals surface area contributed by atoms with Crippen molar-refractivity contribution < 1.29 is 9.59 Å². The molecule has 1 aromatic rings. The van der Waals surface area contributed by atoms with Crippen LogP contribution in [0.5, 0.6) is 0 Å². The molecule has 2 rings (SSSR count). The van der Waals surface area contributed by atoms with Crippen LogP contribution in [0.1, 0.15) is 126 Å². The topological polar surface area (TPSA) is 34.1 Å². The van der Waals surface area contributed by atoms with Crippen molar-refractivity contribution in [3.63, 3.8) is 0 Å². The van der Waals surface area contributed by atoms with Crippen LogP contribution < -0.4 is 0 Å². The van der Waals surface area contributed by atoms with Gasteiger partial charge in [-0.15, -0.1) is 0 Å². The summed E-state index contributed by atoms with van der Waals surface area (Å²) in [5.74, 6) is 2.48. The summed E-state index contributed by atoms with van der Waals surface area (Å²) >= 11 is 0. The van der Waals surface area contributed by atoms with Crippen LogP contribution in [-0.4, -0.2) is 11.6 Å². The molecule has 0 saturated carbocycles. The number of carbonyl (C=O) groups is 2. The molecule has 0 spiro atoms. The van der Waals surface area contributed by atoms with Gasteiger partial charge in [0.25, 0.3) is 0 Å². The van der Waals surface area contributed by atoms with Gasteiger partial charge in [0.1, 0.15) is 0 Å². The molecule has 182 valence electrons. The van der Waals surface area contributed by atoms with Crippen LogP contribution in [0.3, 0.4) is 0 Å². The minimum atomic E-state index is -0.00526. The highest BCUT2D eigenvalue weighted by molar-refractivity contribution is 6.26. The van der Waals surface area contributed by atoms with Crippen molar-refractivity contribution in [1.29, 1.82) is 0 Å². The second-order valence-electron chi connectivity index (χ2n) is 10.9. The van der Waals surface area contributed by atoms with E-state index in [2.05, 4.69) is 40.7 Å². The predicted molar refractivity (Wildman–Crippen MR) is 141 cm³/mol. The van der Waals surface area contributed by atoms with Crippen LogP contribution in [-0.2, 0) is 0 Å². The molecule has 1 aliphatic carbocycles. The number of benzene rings is 1. The summed E-state index contributed by atoms with van der Waals surface area (Å²) in [4.78, 5) is 25.5. The fourth-order valence-electron chi connectivity index (χ4n) is 4.88. The maximum absolute atomic E-state index is 12.9. The molecule has 0 heterocycles. The van der Waals surface area contributed by atoms with Crippen molar-refractivity contribution in [2.45, 2.75) is 106 Å². The van der Waals surface area contributed by atoms with Crippen molar-refractivity contribution in [2.24, 2.45) is 17.8 Å². The fourth-order valence-corrected chi connectivity index (χ4v) is 4.88. The van der Waals surface area contributed by atoms with E-state index in [-0.39, 0.29) is 11.6 Å². The molecule has 0 aromatic heterocycles. The molecule has 0 aliphatic heterocycles. The number of Topliss-reactive ketones (excluding diaryl/α,β-unsaturated/α-hetero) is 2. The molecule has 0 fully saturated rings. The van der Waals surface area contributed by atoms with Crippen LogP contribution in [0, 0.1) is 17.8 Å². The van der Waals surface area contributed by atoms with Crippen LogP contribution >= 0.6 is 0 Å². The quantitative estimate of drug-likeness (QED) is 0.265. The zero-order valence-electron chi connectivity index (χ0n) is 22.0. The number of fused-ring (bicyclic) bond motifs is 1. The molecular formula is C31H46O2. The molecular weight excluding hydrogens is 404 g/mol. The molecule has 0 bridgehead atoms. The third-order valence-electron chi connectivity index (χ3n) is 7.28. The lowest BCUT2D eigenvalue weighted by molar-refractivity contribution is 0.0973. The summed E-state index contributed by atoms with van der Waals surface area (Å²) in [5.41, 5.74) is 3.68. The molecule has 0 N–H and O–H groups in total. The number of carbonyl (C=O) groups excluding carboxylic acids is 2. The summed E-state index contributed by atoms with van der Waals surface area (Å²) in [5, 5.41) is 0. The van der Waals surface area contributed by atoms with Crippen LogP contribution in [0.15, 0.2) is 47.1 Å². The van der Waals surface area contributed by atoms with Crippen LogP contribution in [0.4, 0.5) is 0 Å². The zero-order valence-corrected chi connectivity index (χ0v) is 22.0. The van der Waals surface area contributed by atoms with Gasteiger partial charge in [-0.2, -0.15) is 0 Å². The first kappa shape index (κ1) is 27.3. The van der Waals surface area contributed by atoms with E-state index in [1.54, 1.807) is 19.1 Å². The normalized spacial score (nSPS) is 16.4. The van der Waals surface area contributed by atoms with E-state index in [1.165, 1.54) is 56.9 Å². The van der Waals surface area contributed by atoms with E-state index in [1.807, 2.05) is 12.1 Å². The largest absolute Gasteiger partial charge is 0.289 e. The Hall–Kier alpha value is -1.96. The maximum Gasteiger partial charge on any atom is 0.190 e. The van der Waals surface area contributed by atoms with E-state index < -0.39 is 0 Å². The highest BCUT2D eigenvalue weighted by atomic mass is 16.1. The van der Waals surface area contributed by atoms with Gasteiger partial charge in [0.15, 0.2) is 11.6 Å². The lowest BCUT2D eigenvalue weighted by Crippen LogP contribution is -2.20. The van der Waals surface area contributed by atoms with E-state index in [0.29, 0.717) is 28.7 Å². The lowest BCUT2D eigenvalue weighted by Gasteiger charge is -2.18. The van der Waals surface area contributed by atoms with E-state index in [0.717, 1.165) is 24.2 Å². The third kappa shape index (κ3) is 8.72. The maximum atomic E-state index is 12.9. The Morgan fingerprint density at radius 2 is 1.30 bits per heavy atom. The zero-order chi connectivity index (χ0) is 24.4. The standard InChI is InChI=1S/C31H46O2/c1-22(2)12-9-13-23(3)14-10-15-24(4)16-11-17-25(5)20-21-27-26(6)30(32)28-18-7-8-19-29(28)31(27)33/h7-8,18-20,22-24H,9-17,21H2,1-6H3/b25-20+/t23-,24+/m0/s1. The number of rotatable bonds is 14. The number of hydrogen-bond acceptors (Lipinski definition) is 2. The molecule has 0 amide bonds. The van der Waals surface area contributed by atoms with Crippen molar-refractivity contribution in [2.75, 3.05) is 0 Å². The van der Waals surface area contributed by atoms with Crippen molar-refractivity contribution in [3.8, 4) is 0 Å². The van der Waals surface area contributed by atoms with Gasteiger partial charge in [-0.25, -0.2) is 0 Å². The Kier molecular flexibility index (Phi) is 11.3. The van der Waals surface area contributed by atoms with Gasteiger partial charge in [0.05, 0.1) is 0 Å². The fraction of sp³-hybridized carbons (Fsp3) is 0.613. The minimum Gasteiger partial charge on any atom is -0.289 e. The molecule has 0 saturated heterocycles. The van der Waals surface area contributed by atoms with Crippen molar-refractivity contribution in [3.05, 3.63) is 58.2 Å². The van der Waals surface area contributed by atoms with Gasteiger partial charge in [0, 0.05) is 22.3 Å². The van der Waals surface area contributed by atoms with Gasteiger partial charge < -0.3 is 0 Å². The monoisotopic (exact) mass is 450 g/mol. The summed E-state index contributed by atoms with van der Waals surface area (Å²) in [7, 11) is 0. The first-order chi connectivity index (χ1) is 15.7. The molecule has 33 heavy (non-hydrogen) atoms. The Balaban J connectivity index is 1.71. The summed E-state index contributed by atoms with van der Waals surface area (Å²) in [6, 6.07) is 7.18. The Bertz CT molecular complexity index is 855. The number of ketones is 2. The van der Waals surface area contributed by atoms with Gasteiger partial charge in [-0.05, 0) is 50.9 Å². The van der Waals surface area contributed by atoms with Crippen LogP contribution in [0.2, 0.25) is 0 Å². The van der Waals surface area contributed by atoms with Gasteiger partial charge >= 0.3 is 0 Å². The predicted octanol–water partition coefficient (Wildman–Crippen LogP) is 9.16. The highest BCUT2D eigenvalue weighted by Gasteiger charge is 2.28. The minimum absolute atomic E-state index is 0.00526. The molecule has 0 radical (unpaired) electrons. The first-order valence-electron chi connectivity index (χ1n) is 13.2. The summed E-state index contributed by atoms with van der Waals surface area (Å²) in [6.45, 7) is 13.4. The number of hydrogen-bond donors (Lipinski definition) is 0. The first-order valence-corrected chi connectivity index (χ1v) is 13.2. The van der Waals surface area contributed by atoms with Gasteiger partial charge in [-0.1, -0.05) is 109 Å².